The summed E-state index contributed by atoms with van der Waals surface area (Å²) in [7, 11) is 1.52. The molecule has 10 heteroatoms. The first-order valence-electron chi connectivity index (χ1n) is 9.04. The van der Waals surface area contributed by atoms with Gasteiger partial charge in [0.25, 0.3) is 11.4 Å². The molecule has 0 aliphatic carbocycles. The number of hydrazone groups is 1. The van der Waals surface area contributed by atoms with E-state index in [0.29, 0.717) is 22.7 Å². The first-order chi connectivity index (χ1) is 15.0. The van der Waals surface area contributed by atoms with Crippen molar-refractivity contribution in [3.63, 3.8) is 0 Å². The minimum atomic E-state index is -0.474. The van der Waals surface area contributed by atoms with Gasteiger partial charge in [-0.1, -0.05) is 6.07 Å². The summed E-state index contributed by atoms with van der Waals surface area (Å²) in [4.78, 5) is 20.6. The van der Waals surface area contributed by atoms with E-state index < -0.39 is 9.85 Å². The first-order valence-corrected chi connectivity index (χ1v) is 9.04. The van der Waals surface area contributed by atoms with E-state index in [9.17, 15) is 20.2 Å². The highest BCUT2D eigenvalue weighted by Gasteiger charge is 2.11. The Bertz CT molecular complexity index is 1100. The van der Waals surface area contributed by atoms with E-state index in [-0.39, 0.29) is 18.0 Å². The van der Waals surface area contributed by atoms with E-state index in [2.05, 4.69) is 10.5 Å². The van der Waals surface area contributed by atoms with E-state index in [4.69, 9.17) is 9.47 Å². The van der Waals surface area contributed by atoms with Crippen LogP contribution in [-0.2, 0) is 6.61 Å². The summed E-state index contributed by atoms with van der Waals surface area (Å²) in [5.74, 6) is 0.957. The number of nitrogens with one attached hydrogen (secondary N) is 1. The Hall–Kier alpha value is -4.47. The van der Waals surface area contributed by atoms with Crippen LogP contribution in [0.15, 0.2) is 71.8 Å². The zero-order chi connectivity index (χ0) is 22.2. The number of hydrogen-bond acceptors (Lipinski definition) is 8. The Morgan fingerprint density at radius 2 is 1.55 bits per heavy atom. The maximum atomic E-state index is 10.8. The molecule has 0 heterocycles. The molecular weight excluding hydrogens is 404 g/mol. The molecule has 3 aromatic rings. The maximum Gasteiger partial charge on any atom is 0.269 e. The molecule has 3 aromatic carbocycles. The molecule has 0 aromatic heterocycles. The third-order valence-electron chi connectivity index (χ3n) is 4.24. The number of rotatable bonds is 9. The van der Waals surface area contributed by atoms with Crippen LogP contribution in [0.2, 0.25) is 0 Å². The Kier molecular flexibility index (Phi) is 6.74. The van der Waals surface area contributed by atoms with Gasteiger partial charge in [-0.2, -0.15) is 5.10 Å². The number of methoxy groups -OCH3 is 1. The third-order valence-corrected chi connectivity index (χ3v) is 4.24. The highest BCUT2D eigenvalue weighted by atomic mass is 16.6. The van der Waals surface area contributed by atoms with Gasteiger partial charge >= 0.3 is 0 Å². The highest BCUT2D eigenvalue weighted by Crippen LogP contribution is 2.31. The standard InChI is InChI=1S/C21H18N4O6/c1-30-20-4-2-3-16(13-22-23-17-7-11-19(12-8-17)25(28)29)21(20)31-14-15-5-9-18(10-6-15)24(26)27/h2-13,23H,14H2,1H3/b22-13+. The summed E-state index contributed by atoms with van der Waals surface area (Å²) < 4.78 is 11.3. The van der Waals surface area contributed by atoms with Crippen molar-refractivity contribution in [2.45, 2.75) is 6.61 Å². The average Bonchev–Trinajstić information content (AvgIpc) is 2.78. The van der Waals surface area contributed by atoms with Crippen LogP contribution >= 0.6 is 0 Å². The SMILES string of the molecule is COc1cccc(/C=N/Nc2ccc([N+](=O)[O-])cc2)c1OCc1ccc([N+](=O)[O-])cc1. The number of nitrogens with zero attached hydrogens (tertiary/aromatic N) is 3. The van der Waals surface area contributed by atoms with Crippen LogP contribution in [-0.4, -0.2) is 23.2 Å². The second kappa shape index (κ2) is 9.83. The van der Waals surface area contributed by atoms with Gasteiger partial charge in [0.15, 0.2) is 11.5 Å². The predicted octanol–water partition coefficient (Wildman–Crippen LogP) is 4.54. The zero-order valence-electron chi connectivity index (χ0n) is 16.4. The van der Waals surface area contributed by atoms with Crippen molar-refractivity contribution in [2.24, 2.45) is 5.10 Å². The molecule has 0 amide bonds. The zero-order valence-corrected chi connectivity index (χ0v) is 16.4. The average molecular weight is 422 g/mol. The molecule has 1 N–H and O–H groups in total. The smallest absolute Gasteiger partial charge is 0.269 e. The topological polar surface area (TPSA) is 129 Å². The van der Waals surface area contributed by atoms with Crippen LogP contribution in [0.3, 0.4) is 0 Å². The Labute approximate surface area is 177 Å². The van der Waals surface area contributed by atoms with E-state index in [1.54, 1.807) is 42.5 Å². The minimum absolute atomic E-state index is 0.00572. The van der Waals surface area contributed by atoms with E-state index >= 15 is 0 Å². The number of benzene rings is 3. The van der Waals surface area contributed by atoms with Crippen molar-refractivity contribution in [1.82, 2.24) is 0 Å². The van der Waals surface area contributed by atoms with Crippen molar-refractivity contribution in [1.29, 1.82) is 0 Å². The van der Waals surface area contributed by atoms with Crippen LogP contribution in [0.4, 0.5) is 17.1 Å². The molecular formula is C21H18N4O6. The molecule has 0 bridgehead atoms. The van der Waals surface area contributed by atoms with Gasteiger partial charge in [-0.3, -0.25) is 25.7 Å². The molecule has 0 fully saturated rings. The maximum absolute atomic E-state index is 10.8. The van der Waals surface area contributed by atoms with E-state index in [0.717, 1.165) is 5.56 Å². The van der Waals surface area contributed by atoms with Gasteiger partial charge in [0.2, 0.25) is 0 Å². The Morgan fingerprint density at radius 3 is 2.13 bits per heavy atom. The molecule has 0 aliphatic heterocycles. The van der Waals surface area contributed by atoms with Gasteiger partial charge in [0.05, 0.1) is 28.9 Å². The number of ether oxygens (including phenoxy) is 2. The summed E-state index contributed by atoms with van der Waals surface area (Å²) in [6.07, 6.45) is 1.54. The fourth-order valence-electron chi connectivity index (χ4n) is 2.65. The molecule has 0 saturated carbocycles. The van der Waals surface area contributed by atoms with Gasteiger partial charge in [0, 0.05) is 29.8 Å². The fraction of sp³-hybridized carbons (Fsp3) is 0.0952. The van der Waals surface area contributed by atoms with Crippen molar-refractivity contribution in [2.75, 3.05) is 12.5 Å². The number of anilines is 1. The molecule has 10 nitrogen and oxygen atoms in total. The van der Waals surface area contributed by atoms with Crippen molar-refractivity contribution < 1.29 is 19.3 Å². The minimum Gasteiger partial charge on any atom is -0.493 e. The van der Waals surface area contributed by atoms with Gasteiger partial charge < -0.3 is 9.47 Å². The molecule has 0 unspecified atom stereocenters. The van der Waals surface area contributed by atoms with Gasteiger partial charge in [-0.15, -0.1) is 0 Å². The second-order valence-corrected chi connectivity index (χ2v) is 6.26. The van der Waals surface area contributed by atoms with E-state index in [1.807, 2.05) is 0 Å². The van der Waals surface area contributed by atoms with Gasteiger partial charge in [-0.25, -0.2) is 0 Å². The highest BCUT2D eigenvalue weighted by molar-refractivity contribution is 5.85. The van der Waals surface area contributed by atoms with Gasteiger partial charge in [0.1, 0.15) is 6.61 Å². The largest absolute Gasteiger partial charge is 0.493 e. The number of para-hydroxylation sites is 1. The molecule has 0 aliphatic rings. The third kappa shape index (κ3) is 5.54. The quantitative estimate of drug-likeness (QED) is 0.304. The molecule has 0 atom stereocenters. The monoisotopic (exact) mass is 422 g/mol. The van der Waals surface area contributed by atoms with Crippen LogP contribution in [0, 0.1) is 20.2 Å². The summed E-state index contributed by atoms with van der Waals surface area (Å²) >= 11 is 0. The van der Waals surface area contributed by atoms with E-state index in [1.165, 1.54) is 37.6 Å². The Balaban J connectivity index is 1.72. The van der Waals surface area contributed by atoms with Gasteiger partial charge in [-0.05, 0) is 42.0 Å². The second-order valence-electron chi connectivity index (χ2n) is 6.26. The number of nitro groups is 2. The van der Waals surface area contributed by atoms with Crippen LogP contribution in [0.5, 0.6) is 11.5 Å². The summed E-state index contributed by atoms with van der Waals surface area (Å²) in [6, 6.07) is 17.2. The van der Waals surface area contributed by atoms with Crippen molar-refractivity contribution >= 4 is 23.3 Å². The molecule has 0 radical (unpaired) electrons. The lowest BCUT2D eigenvalue weighted by atomic mass is 10.2. The number of nitro benzene ring substituents is 2. The van der Waals surface area contributed by atoms with Crippen LogP contribution < -0.4 is 14.9 Å². The predicted molar refractivity (Wildman–Crippen MR) is 115 cm³/mol. The van der Waals surface area contributed by atoms with Crippen LogP contribution in [0.25, 0.3) is 0 Å². The first kappa shape index (κ1) is 21.2. The van der Waals surface area contributed by atoms with Crippen LogP contribution in [0.1, 0.15) is 11.1 Å². The summed E-state index contributed by atoms with van der Waals surface area (Å²) in [5, 5.41) is 25.6. The lowest BCUT2D eigenvalue weighted by Crippen LogP contribution is -2.02. The van der Waals surface area contributed by atoms with Crippen molar-refractivity contribution in [3.05, 3.63) is 98.1 Å². The van der Waals surface area contributed by atoms with Crippen molar-refractivity contribution in [3.8, 4) is 11.5 Å². The molecule has 158 valence electrons. The number of non-ortho nitro benzene ring substituents is 2. The lowest BCUT2D eigenvalue weighted by molar-refractivity contribution is -0.385. The molecule has 0 spiro atoms. The lowest BCUT2D eigenvalue weighted by Gasteiger charge is -2.13. The summed E-state index contributed by atoms with van der Waals surface area (Å²) in [5.41, 5.74) is 4.77. The normalized spacial score (nSPS) is 10.6. The molecule has 0 saturated heterocycles. The molecule has 31 heavy (non-hydrogen) atoms. The molecule has 3 rings (SSSR count). The number of hydrogen-bond donors (Lipinski definition) is 1. The Morgan fingerprint density at radius 1 is 0.935 bits per heavy atom. The summed E-state index contributed by atoms with van der Waals surface area (Å²) in [6.45, 7) is 0.176. The fourth-order valence-corrected chi connectivity index (χ4v) is 2.65.